The molecule has 1 aliphatic carbocycles. The first-order valence-electron chi connectivity index (χ1n) is 9.16. The van der Waals surface area contributed by atoms with Gasteiger partial charge in [-0.3, -0.25) is 4.68 Å². The van der Waals surface area contributed by atoms with Crippen LogP contribution < -0.4 is 0 Å². The van der Waals surface area contributed by atoms with E-state index >= 15 is 0 Å². The third-order valence-corrected chi connectivity index (χ3v) is 5.51. The van der Waals surface area contributed by atoms with Crippen LogP contribution in [0.15, 0.2) is 18.7 Å². The predicted octanol–water partition coefficient (Wildman–Crippen LogP) is 1.08. The molecule has 0 bridgehead atoms. The number of nitrogens with zero attached hydrogens (tertiary/aromatic N) is 8. The van der Waals surface area contributed by atoms with Crippen LogP contribution in [0.2, 0.25) is 0 Å². The molecular weight excluding hydrogens is 316 g/mol. The van der Waals surface area contributed by atoms with Gasteiger partial charge in [0.2, 0.25) is 0 Å². The van der Waals surface area contributed by atoms with Crippen LogP contribution in [-0.2, 0) is 19.4 Å². The highest BCUT2D eigenvalue weighted by Crippen LogP contribution is 2.28. The summed E-state index contributed by atoms with van der Waals surface area (Å²) >= 11 is 0. The van der Waals surface area contributed by atoms with Crippen molar-refractivity contribution < 1.29 is 0 Å². The molecule has 0 N–H and O–H groups in total. The summed E-state index contributed by atoms with van der Waals surface area (Å²) in [5.41, 5.74) is 3.50. The van der Waals surface area contributed by atoms with Gasteiger partial charge < -0.3 is 4.90 Å². The van der Waals surface area contributed by atoms with Crippen LogP contribution in [0.3, 0.4) is 0 Å². The van der Waals surface area contributed by atoms with Crippen molar-refractivity contribution in [3.8, 4) is 0 Å². The zero-order valence-corrected chi connectivity index (χ0v) is 14.3. The molecule has 1 fully saturated rings. The Bertz CT molecular complexity index is 860. The van der Waals surface area contributed by atoms with E-state index in [1.165, 1.54) is 17.7 Å². The van der Waals surface area contributed by atoms with E-state index in [4.69, 9.17) is 5.10 Å². The predicted molar refractivity (Wildman–Crippen MR) is 91.2 cm³/mol. The Kier molecular flexibility index (Phi) is 3.70. The van der Waals surface area contributed by atoms with Gasteiger partial charge in [0.1, 0.15) is 12.7 Å². The van der Waals surface area contributed by atoms with Crippen molar-refractivity contribution in [2.75, 3.05) is 19.6 Å². The van der Waals surface area contributed by atoms with Crippen LogP contribution >= 0.6 is 0 Å². The fourth-order valence-electron chi connectivity index (χ4n) is 4.06. The first-order valence-corrected chi connectivity index (χ1v) is 9.16. The van der Waals surface area contributed by atoms with E-state index in [9.17, 15) is 0 Å². The monoisotopic (exact) mass is 338 g/mol. The fraction of sp³-hybridized carbons (Fsp3) is 0.588. The molecule has 0 spiro atoms. The molecule has 0 saturated carbocycles. The van der Waals surface area contributed by atoms with Gasteiger partial charge in [0.05, 0.1) is 12.2 Å². The lowest BCUT2D eigenvalue weighted by Gasteiger charge is -2.30. The number of hydrogen-bond acceptors (Lipinski definition) is 6. The summed E-state index contributed by atoms with van der Waals surface area (Å²) in [6.07, 6.45) is 9.01. The third kappa shape index (κ3) is 2.80. The average Bonchev–Trinajstić information content (AvgIpc) is 3.38. The zero-order chi connectivity index (χ0) is 16.6. The minimum atomic E-state index is 0.449. The quantitative estimate of drug-likeness (QED) is 0.708. The summed E-state index contributed by atoms with van der Waals surface area (Å²) < 4.78 is 3.89. The van der Waals surface area contributed by atoms with Crippen molar-refractivity contribution in [1.82, 2.24) is 39.5 Å². The molecule has 0 aromatic carbocycles. The minimum Gasteiger partial charge on any atom is -0.301 e. The summed E-state index contributed by atoms with van der Waals surface area (Å²) in [5.74, 6) is 1.49. The Morgan fingerprint density at radius 2 is 2.00 bits per heavy atom. The molecule has 130 valence electrons. The first-order chi connectivity index (χ1) is 12.4. The largest absolute Gasteiger partial charge is 0.301 e. The van der Waals surface area contributed by atoms with Crippen molar-refractivity contribution in [2.24, 2.45) is 0 Å². The summed E-state index contributed by atoms with van der Waals surface area (Å²) in [4.78, 5) is 6.49. The van der Waals surface area contributed by atoms with Gasteiger partial charge in [-0.2, -0.15) is 14.7 Å². The molecule has 8 nitrogen and oxygen atoms in total. The Morgan fingerprint density at radius 1 is 1.08 bits per heavy atom. The molecule has 3 aromatic heterocycles. The van der Waals surface area contributed by atoms with E-state index in [0.29, 0.717) is 5.92 Å². The maximum absolute atomic E-state index is 4.84. The highest BCUT2D eigenvalue weighted by molar-refractivity contribution is 5.43. The Hall–Kier alpha value is -2.35. The van der Waals surface area contributed by atoms with Gasteiger partial charge in [-0.15, -0.1) is 10.2 Å². The number of hydrogen-bond donors (Lipinski definition) is 0. The smallest absolute Gasteiger partial charge is 0.178 e. The summed E-state index contributed by atoms with van der Waals surface area (Å²) in [6, 6.07) is 2.18. The first kappa shape index (κ1) is 14.9. The maximum atomic E-state index is 4.84. The number of aromatic nitrogens is 7. The van der Waals surface area contributed by atoms with Crippen LogP contribution in [0.1, 0.15) is 42.3 Å². The molecule has 8 heteroatoms. The van der Waals surface area contributed by atoms with Crippen LogP contribution in [0, 0.1) is 0 Å². The molecule has 0 amide bonds. The second kappa shape index (κ2) is 6.18. The van der Waals surface area contributed by atoms with E-state index in [1.807, 2.05) is 9.20 Å². The number of aryl methyl sites for hydroxylation is 2. The maximum Gasteiger partial charge on any atom is 0.178 e. The highest BCUT2D eigenvalue weighted by atomic mass is 15.4. The highest BCUT2D eigenvalue weighted by Gasteiger charge is 2.26. The molecule has 25 heavy (non-hydrogen) atoms. The van der Waals surface area contributed by atoms with Crippen molar-refractivity contribution in [3.05, 3.63) is 35.8 Å². The Balaban J connectivity index is 1.27. The van der Waals surface area contributed by atoms with Crippen molar-refractivity contribution >= 4 is 5.65 Å². The minimum absolute atomic E-state index is 0.449. The summed E-state index contributed by atoms with van der Waals surface area (Å²) in [6.45, 7) is 4.08. The molecule has 1 aliphatic heterocycles. The molecule has 5 rings (SSSR count). The number of rotatable bonds is 4. The normalized spacial score (nSPS) is 18.9. The van der Waals surface area contributed by atoms with E-state index < -0.39 is 0 Å². The number of likely N-dealkylation sites (tertiary alicyclic amines) is 1. The van der Waals surface area contributed by atoms with Crippen LogP contribution in [-0.4, -0.2) is 59.1 Å². The van der Waals surface area contributed by atoms with E-state index in [-0.39, 0.29) is 0 Å². The lowest BCUT2D eigenvalue weighted by atomic mass is 9.96. The van der Waals surface area contributed by atoms with Crippen molar-refractivity contribution in [3.63, 3.8) is 0 Å². The van der Waals surface area contributed by atoms with Gasteiger partial charge in [-0.25, -0.2) is 4.98 Å². The van der Waals surface area contributed by atoms with Crippen molar-refractivity contribution in [1.29, 1.82) is 0 Å². The van der Waals surface area contributed by atoms with E-state index in [0.717, 1.165) is 63.3 Å². The van der Waals surface area contributed by atoms with E-state index in [2.05, 4.69) is 31.2 Å². The fourth-order valence-corrected chi connectivity index (χ4v) is 4.06. The van der Waals surface area contributed by atoms with E-state index in [1.54, 1.807) is 12.7 Å². The summed E-state index contributed by atoms with van der Waals surface area (Å²) in [7, 11) is 0. The molecule has 0 unspecified atom stereocenters. The number of fused-ring (bicyclic) bond motifs is 2. The molecule has 4 heterocycles. The third-order valence-electron chi connectivity index (χ3n) is 5.51. The standard InChI is InChI=1S/C17H22N8/c1-2-14-10-16-20-21-17(25(16)22-15(14)3-1)13-4-6-23(7-5-13)8-9-24-12-18-11-19-24/h10-13H,1-9H2. The number of piperidine rings is 1. The second-order valence-electron chi connectivity index (χ2n) is 7.07. The molecule has 3 aromatic rings. The molecule has 1 saturated heterocycles. The molecular formula is C17H22N8. The van der Waals surface area contributed by atoms with Gasteiger partial charge in [0.25, 0.3) is 0 Å². The van der Waals surface area contributed by atoms with Gasteiger partial charge in [-0.05, 0) is 56.8 Å². The SMILES string of the molecule is c1ncn(CCN2CCC(c3nnc4cc5c(nn34)CCC5)CC2)n1. The molecule has 0 atom stereocenters. The van der Waals surface area contributed by atoms with Crippen LogP contribution in [0.5, 0.6) is 0 Å². The van der Waals surface area contributed by atoms with Crippen LogP contribution in [0.25, 0.3) is 5.65 Å². The van der Waals surface area contributed by atoms with Gasteiger partial charge in [-0.1, -0.05) is 0 Å². The van der Waals surface area contributed by atoms with Gasteiger partial charge in [0, 0.05) is 12.5 Å². The lowest BCUT2D eigenvalue weighted by Crippen LogP contribution is -2.35. The Morgan fingerprint density at radius 3 is 2.84 bits per heavy atom. The van der Waals surface area contributed by atoms with Crippen molar-refractivity contribution in [2.45, 2.75) is 44.6 Å². The van der Waals surface area contributed by atoms with Gasteiger partial charge in [0.15, 0.2) is 11.5 Å². The average molecular weight is 338 g/mol. The lowest BCUT2D eigenvalue weighted by molar-refractivity contribution is 0.199. The Labute approximate surface area is 145 Å². The molecule has 2 aliphatic rings. The topological polar surface area (TPSA) is 77.0 Å². The van der Waals surface area contributed by atoms with Crippen LogP contribution in [0.4, 0.5) is 0 Å². The molecule has 0 radical (unpaired) electrons. The summed E-state index contributed by atoms with van der Waals surface area (Å²) in [5, 5.41) is 17.9. The van der Waals surface area contributed by atoms with Gasteiger partial charge >= 0.3 is 0 Å². The zero-order valence-electron chi connectivity index (χ0n) is 14.3. The second-order valence-corrected chi connectivity index (χ2v) is 7.07.